The van der Waals surface area contributed by atoms with Gasteiger partial charge in [-0.1, -0.05) is 55.0 Å². The van der Waals surface area contributed by atoms with Crippen molar-refractivity contribution in [2.24, 2.45) is 0 Å². The number of likely N-dealkylation sites (tertiary alicyclic amines) is 1. The van der Waals surface area contributed by atoms with E-state index in [1.54, 1.807) is 0 Å². The number of rotatable bonds is 6. The first-order valence-corrected chi connectivity index (χ1v) is 13.4. The van der Waals surface area contributed by atoms with Crippen LogP contribution in [-0.2, 0) is 9.53 Å². The van der Waals surface area contributed by atoms with E-state index in [1.807, 2.05) is 12.1 Å². The number of carbonyl (C=O) groups excluding carboxylic acids is 2. The molecule has 4 unspecified atom stereocenters. The summed E-state index contributed by atoms with van der Waals surface area (Å²) in [6, 6.07) is 22.7. The second-order valence-electron chi connectivity index (χ2n) is 10.3. The van der Waals surface area contributed by atoms with Crippen molar-refractivity contribution in [3.05, 3.63) is 77.9 Å². The largest absolute Gasteiger partial charge is 0.467 e. The summed E-state index contributed by atoms with van der Waals surface area (Å²) in [5.41, 5.74) is 3.09. The van der Waals surface area contributed by atoms with E-state index in [2.05, 4.69) is 66.4 Å². The predicted molar refractivity (Wildman–Crippen MR) is 146 cm³/mol. The molecule has 0 radical (unpaired) electrons. The molecule has 3 aromatic carbocycles. The molecule has 3 aromatic rings. The number of esters is 1. The van der Waals surface area contributed by atoms with E-state index in [1.165, 1.54) is 46.9 Å². The summed E-state index contributed by atoms with van der Waals surface area (Å²) in [7, 11) is 1.31. The van der Waals surface area contributed by atoms with Crippen molar-refractivity contribution in [1.29, 1.82) is 0 Å². The lowest BCUT2D eigenvalue weighted by Gasteiger charge is -2.39. The Kier molecular flexibility index (Phi) is 7.47. The van der Waals surface area contributed by atoms with Crippen molar-refractivity contribution in [1.82, 2.24) is 4.90 Å². The maximum Gasteiger partial charge on any atom is 0.328 e. The van der Waals surface area contributed by atoms with E-state index in [-0.39, 0.29) is 18.9 Å². The number of hydrogen-bond acceptors (Lipinski definition) is 5. The quantitative estimate of drug-likeness (QED) is 0.475. The van der Waals surface area contributed by atoms with Gasteiger partial charge in [0.25, 0.3) is 5.91 Å². The van der Waals surface area contributed by atoms with Gasteiger partial charge in [-0.15, -0.1) is 0 Å². The van der Waals surface area contributed by atoms with Crippen molar-refractivity contribution < 1.29 is 19.4 Å². The van der Waals surface area contributed by atoms with Crippen LogP contribution < -0.4 is 4.90 Å². The Morgan fingerprint density at radius 1 is 1.00 bits per heavy atom. The molecule has 6 nitrogen and oxygen atoms in total. The Bertz CT molecular complexity index is 1250. The number of nitrogens with zero attached hydrogens (tertiary/aromatic N) is 2. The molecule has 1 aliphatic carbocycles. The highest BCUT2D eigenvalue weighted by molar-refractivity contribution is 5.97. The molecule has 4 atom stereocenters. The normalized spacial score (nSPS) is 23.7. The van der Waals surface area contributed by atoms with Crippen LogP contribution in [0.25, 0.3) is 10.8 Å². The van der Waals surface area contributed by atoms with Gasteiger partial charge in [0, 0.05) is 42.2 Å². The van der Waals surface area contributed by atoms with Gasteiger partial charge >= 0.3 is 5.97 Å². The second-order valence-corrected chi connectivity index (χ2v) is 10.3. The van der Waals surface area contributed by atoms with Gasteiger partial charge in [-0.25, -0.2) is 4.79 Å². The first kappa shape index (κ1) is 25.3. The molecule has 0 bridgehead atoms. The van der Waals surface area contributed by atoms with Gasteiger partial charge < -0.3 is 19.6 Å². The van der Waals surface area contributed by atoms with Gasteiger partial charge in [-0.05, 0) is 61.3 Å². The van der Waals surface area contributed by atoms with Gasteiger partial charge in [0.2, 0.25) is 0 Å². The number of β-amino-alcohol motifs (C(OH)–C–C–N with tert-alkyl or cyclic N) is 1. The number of hydrogen-bond donors (Lipinski definition) is 1. The van der Waals surface area contributed by atoms with E-state index >= 15 is 0 Å². The molecule has 1 N–H and O–H groups in total. The molecule has 194 valence electrons. The summed E-state index contributed by atoms with van der Waals surface area (Å²) >= 11 is 0. The molecule has 37 heavy (non-hydrogen) atoms. The summed E-state index contributed by atoms with van der Waals surface area (Å²) in [4.78, 5) is 29.3. The minimum atomic E-state index is -0.736. The average molecular weight is 501 g/mol. The van der Waals surface area contributed by atoms with Crippen LogP contribution in [0.4, 0.5) is 5.69 Å². The summed E-state index contributed by atoms with van der Waals surface area (Å²) < 4.78 is 4.84. The third-order valence-electron chi connectivity index (χ3n) is 8.15. The highest BCUT2D eigenvalue weighted by Crippen LogP contribution is 2.38. The zero-order valence-corrected chi connectivity index (χ0v) is 21.7. The molecule has 2 aliphatic rings. The number of anilines is 1. The highest BCUT2D eigenvalue weighted by atomic mass is 16.5. The lowest BCUT2D eigenvalue weighted by Crippen LogP contribution is -2.41. The van der Waals surface area contributed by atoms with Gasteiger partial charge in [-0.3, -0.25) is 4.79 Å². The van der Waals surface area contributed by atoms with Crippen LogP contribution in [0.3, 0.4) is 0 Å². The monoisotopic (exact) mass is 500 g/mol. The molecule has 1 heterocycles. The zero-order valence-electron chi connectivity index (χ0n) is 21.7. The van der Waals surface area contributed by atoms with Crippen molar-refractivity contribution in [3.63, 3.8) is 0 Å². The first-order valence-electron chi connectivity index (χ1n) is 13.4. The summed E-state index contributed by atoms with van der Waals surface area (Å²) in [5, 5.41) is 12.6. The molecule has 1 aliphatic heterocycles. The van der Waals surface area contributed by atoms with Gasteiger partial charge in [-0.2, -0.15) is 0 Å². The predicted octanol–water partition coefficient (Wildman–Crippen LogP) is 5.14. The lowest BCUT2D eigenvalue weighted by atomic mass is 9.80. The smallest absolute Gasteiger partial charge is 0.328 e. The molecule has 6 heteroatoms. The van der Waals surface area contributed by atoms with Crippen molar-refractivity contribution >= 4 is 28.3 Å². The fourth-order valence-corrected chi connectivity index (χ4v) is 6.30. The number of carbonyl (C=O) groups is 2. The van der Waals surface area contributed by atoms with Gasteiger partial charge in [0.05, 0.1) is 13.2 Å². The fourth-order valence-electron chi connectivity index (χ4n) is 6.30. The second kappa shape index (κ2) is 10.9. The first-order chi connectivity index (χ1) is 18.0. The third-order valence-corrected chi connectivity index (χ3v) is 8.15. The SMILES string of the molecule is CCN(c1cccc2ccccc12)C1CCCC(c2ccc(C(=O)N3CC(O)CC3C(=O)OC)cc2)C1. The number of fused-ring (bicyclic) bond motifs is 1. The van der Waals surface area contributed by atoms with E-state index in [9.17, 15) is 14.7 Å². The van der Waals surface area contributed by atoms with Crippen LogP contribution in [-0.4, -0.2) is 60.3 Å². The maximum atomic E-state index is 13.2. The van der Waals surface area contributed by atoms with Crippen molar-refractivity contribution in [2.45, 2.75) is 63.1 Å². The van der Waals surface area contributed by atoms with Crippen LogP contribution in [0.5, 0.6) is 0 Å². The molecule has 1 amide bonds. The lowest BCUT2D eigenvalue weighted by molar-refractivity contribution is -0.145. The topological polar surface area (TPSA) is 70.1 Å². The molecule has 1 saturated heterocycles. The van der Waals surface area contributed by atoms with Crippen LogP contribution >= 0.6 is 0 Å². The number of methoxy groups -OCH3 is 1. The third kappa shape index (κ3) is 5.08. The van der Waals surface area contributed by atoms with Gasteiger partial charge in [0.1, 0.15) is 6.04 Å². The minimum absolute atomic E-state index is 0.145. The van der Waals surface area contributed by atoms with E-state index < -0.39 is 18.1 Å². The molecule has 0 spiro atoms. The van der Waals surface area contributed by atoms with E-state index in [0.717, 1.165) is 19.4 Å². The van der Waals surface area contributed by atoms with Crippen LogP contribution in [0, 0.1) is 0 Å². The Morgan fingerprint density at radius 2 is 1.76 bits per heavy atom. The Labute approximate surface area is 218 Å². The summed E-state index contributed by atoms with van der Waals surface area (Å²) in [6.45, 7) is 3.34. The van der Waals surface area contributed by atoms with Gasteiger partial charge in [0.15, 0.2) is 0 Å². The fraction of sp³-hybridized carbons (Fsp3) is 0.419. The minimum Gasteiger partial charge on any atom is -0.467 e. The number of amides is 1. The molecular formula is C31H36N2O4. The standard InChI is InChI=1S/C31H36N2O4/c1-3-32(28-13-7-9-22-8-4-5-12-27(22)28)25-11-6-10-24(18-25)21-14-16-23(17-15-21)30(35)33-20-26(34)19-29(33)31(36)37-2/h4-5,7-9,12-17,24-26,29,34H,3,6,10-11,18-20H2,1-2H3. The molecule has 0 aromatic heterocycles. The zero-order chi connectivity index (χ0) is 25.9. The summed E-state index contributed by atoms with van der Waals surface area (Å²) in [5.74, 6) is -0.294. The Morgan fingerprint density at radius 3 is 2.51 bits per heavy atom. The molecular weight excluding hydrogens is 464 g/mol. The number of aliphatic hydroxyl groups excluding tert-OH is 1. The van der Waals surface area contributed by atoms with E-state index in [4.69, 9.17) is 4.74 Å². The Hall–Kier alpha value is -3.38. The average Bonchev–Trinajstić information content (AvgIpc) is 3.34. The number of ether oxygens (including phenoxy) is 1. The summed E-state index contributed by atoms with van der Waals surface area (Å²) in [6.07, 6.45) is 4.06. The Balaban J connectivity index is 1.32. The van der Waals surface area contributed by atoms with Crippen LogP contribution in [0.1, 0.15) is 60.9 Å². The van der Waals surface area contributed by atoms with Crippen molar-refractivity contribution in [2.75, 3.05) is 25.1 Å². The maximum absolute atomic E-state index is 13.2. The van der Waals surface area contributed by atoms with Crippen LogP contribution in [0.2, 0.25) is 0 Å². The number of aliphatic hydroxyl groups is 1. The van der Waals surface area contributed by atoms with Crippen LogP contribution in [0.15, 0.2) is 66.7 Å². The van der Waals surface area contributed by atoms with E-state index in [0.29, 0.717) is 17.5 Å². The molecule has 5 rings (SSSR count). The molecule has 2 fully saturated rings. The van der Waals surface area contributed by atoms with Crippen molar-refractivity contribution in [3.8, 4) is 0 Å². The molecule has 1 saturated carbocycles. The number of benzene rings is 3. The highest BCUT2D eigenvalue weighted by Gasteiger charge is 2.40.